The first kappa shape index (κ1) is 14.3. The lowest BCUT2D eigenvalue weighted by Gasteiger charge is -2.29. The Balaban J connectivity index is 3.21. The number of nitrogens with two attached hydrogens (primary N) is 1. The molecule has 0 aliphatic heterocycles. The Kier molecular flexibility index (Phi) is 4.55. The Morgan fingerprint density at radius 2 is 1.72 bits per heavy atom. The highest BCUT2D eigenvalue weighted by atomic mass is 16.7. The van der Waals surface area contributed by atoms with Gasteiger partial charge in [-0.25, -0.2) is 4.79 Å². The molecule has 0 aliphatic rings. The molecular weight excluding hydrogens is 238 g/mol. The van der Waals surface area contributed by atoms with E-state index in [1.165, 1.54) is 26.4 Å². The van der Waals surface area contributed by atoms with Crippen LogP contribution in [0.2, 0.25) is 0 Å². The van der Waals surface area contributed by atoms with Crippen molar-refractivity contribution < 1.29 is 24.2 Å². The van der Waals surface area contributed by atoms with E-state index in [0.717, 1.165) is 0 Å². The van der Waals surface area contributed by atoms with Gasteiger partial charge in [-0.15, -0.1) is 0 Å². The Morgan fingerprint density at radius 1 is 1.22 bits per heavy atom. The fourth-order valence-electron chi connectivity index (χ4n) is 1.60. The normalized spacial score (nSPS) is 14.2. The van der Waals surface area contributed by atoms with E-state index in [-0.39, 0.29) is 5.56 Å². The van der Waals surface area contributed by atoms with Crippen LogP contribution in [-0.2, 0) is 14.3 Å². The van der Waals surface area contributed by atoms with Gasteiger partial charge in [0.1, 0.15) is 0 Å². The van der Waals surface area contributed by atoms with Crippen LogP contribution in [0.4, 0.5) is 0 Å². The molecule has 0 radical (unpaired) electrons. The lowest BCUT2D eigenvalue weighted by molar-refractivity contribution is -0.169. The second-order valence-corrected chi connectivity index (χ2v) is 3.67. The number of methoxy groups -OCH3 is 2. The maximum atomic E-state index is 12.2. The average molecular weight is 253 g/mol. The first-order chi connectivity index (χ1) is 8.48. The second-order valence-electron chi connectivity index (χ2n) is 3.67. The van der Waals surface area contributed by atoms with Gasteiger partial charge in [-0.3, -0.25) is 4.79 Å². The van der Waals surface area contributed by atoms with E-state index in [1.54, 1.807) is 18.2 Å². The van der Waals surface area contributed by atoms with Crippen molar-refractivity contribution in [2.75, 3.05) is 14.2 Å². The molecule has 0 bridgehead atoms. The number of hydrogen-bond donors (Lipinski definition) is 2. The molecule has 1 aromatic rings. The van der Waals surface area contributed by atoms with E-state index in [4.69, 9.17) is 15.2 Å². The van der Waals surface area contributed by atoms with Crippen molar-refractivity contribution in [2.45, 2.75) is 11.8 Å². The van der Waals surface area contributed by atoms with Crippen molar-refractivity contribution in [3.63, 3.8) is 0 Å². The number of benzene rings is 1. The summed E-state index contributed by atoms with van der Waals surface area (Å²) in [5, 5.41) is 9.19. The molecule has 0 aliphatic carbocycles. The van der Waals surface area contributed by atoms with Crippen molar-refractivity contribution in [2.24, 2.45) is 5.73 Å². The minimum absolute atomic E-state index is 0.182. The number of rotatable bonds is 6. The summed E-state index contributed by atoms with van der Waals surface area (Å²) >= 11 is 0. The first-order valence-corrected chi connectivity index (χ1v) is 5.16. The lowest BCUT2D eigenvalue weighted by atomic mass is 9.89. The molecule has 0 amide bonds. The minimum Gasteiger partial charge on any atom is -0.479 e. The number of carbonyl (C=O) groups is 2. The standard InChI is InChI=1S/C12H15NO5/c1-17-11(18-2)12(13,10(15)16)9(14)8-6-4-3-5-7-8/h3-7,11H,13H2,1-2H3,(H,15,16). The van der Waals surface area contributed by atoms with Crippen LogP contribution in [0.25, 0.3) is 0 Å². The van der Waals surface area contributed by atoms with Crippen LogP contribution >= 0.6 is 0 Å². The molecule has 0 fully saturated rings. The molecular formula is C12H15NO5. The molecule has 1 atom stereocenters. The van der Waals surface area contributed by atoms with Crippen LogP contribution in [0.5, 0.6) is 0 Å². The van der Waals surface area contributed by atoms with Gasteiger partial charge in [-0.2, -0.15) is 0 Å². The first-order valence-electron chi connectivity index (χ1n) is 5.16. The van der Waals surface area contributed by atoms with Gasteiger partial charge in [-0.1, -0.05) is 30.3 Å². The van der Waals surface area contributed by atoms with Gasteiger partial charge in [0.15, 0.2) is 12.1 Å². The van der Waals surface area contributed by atoms with Crippen LogP contribution in [0, 0.1) is 0 Å². The van der Waals surface area contributed by atoms with E-state index in [2.05, 4.69) is 0 Å². The zero-order valence-corrected chi connectivity index (χ0v) is 10.1. The maximum absolute atomic E-state index is 12.2. The number of hydrogen-bond acceptors (Lipinski definition) is 5. The van der Waals surface area contributed by atoms with E-state index < -0.39 is 23.6 Å². The predicted octanol–water partition coefficient (Wildman–Crippen LogP) is 0.270. The van der Waals surface area contributed by atoms with Gasteiger partial charge in [0.25, 0.3) is 0 Å². The summed E-state index contributed by atoms with van der Waals surface area (Å²) in [4.78, 5) is 23.5. The summed E-state index contributed by atoms with van der Waals surface area (Å²) in [7, 11) is 2.44. The zero-order chi connectivity index (χ0) is 13.8. The van der Waals surface area contributed by atoms with E-state index in [9.17, 15) is 14.7 Å². The van der Waals surface area contributed by atoms with E-state index in [1.807, 2.05) is 0 Å². The number of ether oxygens (including phenoxy) is 2. The van der Waals surface area contributed by atoms with E-state index in [0.29, 0.717) is 0 Å². The molecule has 1 unspecified atom stereocenters. The predicted molar refractivity (Wildman–Crippen MR) is 63.1 cm³/mol. The number of Topliss-reactive ketones (excluding diaryl/α,β-unsaturated/α-hetero) is 1. The molecule has 6 heteroatoms. The molecule has 0 saturated carbocycles. The van der Waals surface area contributed by atoms with Crippen LogP contribution < -0.4 is 5.73 Å². The zero-order valence-electron chi connectivity index (χ0n) is 10.1. The monoisotopic (exact) mass is 253 g/mol. The van der Waals surface area contributed by atoms with Crippen molar-refractivity contribution >= 4 is 11.8 Å². The summed E-state index contributed by atoms with van der Waals surface area (Å²) in [5.41, 5.74) is 3.58. The quantitative estimate of drug-likeness (QED) is 0.429. The Bertz CT molecular complexity index is 429. The molecule has 3 N–H and O–H groups in total. The average Bonchev–Trinajstić information content (AvgIpc) is 2.39. The molecule has 6 nitrogen and oxygen atoms in total. The highest BCUT2D eigenvalue weighted by Crippen LogP contribution is 2.18. The molecule has 0 aromatic heterocycles. The molecule has 18 heavy (non-hydrogen) atoms. The fourth-order valence-corrected chi connectivity index (χ4v) is 1.60. The molecule has 0 saturated heterocycles. The number of carbonyl (C=O) groups excluding carboxylic acids is 1. The summed E-state index contributed by atoms with van der Waals surface area (Å²) in [6.45, 7) is 0. The van der Waals surface area contributed by atoms with E-state index >= 15 is 0 Å². The maximum Gasteiger partial charge on any atom is 0.337 e. The Hall–Kier alpha value is -1.76. The van der Waals surface area contributed by atoms with Gasteiger partial charge in [0, 0.05) is 19.8 Å². The van der Waals surface area contributed by atoms with Gasteiger partial charge < -0.3 is 20.3 Å². The van der Waals surface area contributed by atoms with Gasteiger partial charge >= 0.3 is 5.97 Å². The van der Waals surface area contributed by atoms with Crippen LogP contribution in [0.1, 0.15) is 10.4 Å². The molecule has 98 valence electrons. The molecule has 1 rings (SSSR count). The van der Waals surface area contributed by atoms with Gasteiger partial charge in [0.2, 0.25) is 5.54 Å². The largest absolute Gasteiger partial charge is 0.479 e. The lowest BCUT2D eigenvalue weighted by Crippen LogP contribution is -2.64. The summed E-state index contributed by atoms with van der Waals surface area (Å²) in [6.07, 6.45) is -1.37. The third kappa shape index (κ3) is 2.40. The van der Waals surface area contributed by atoms with Crippen molar-refractivity contribution in [3.8, 4) is 0 Å². The van der Waals surface area contributed by atoms with Crippen molar-refractivity contribution in [1.82, 2.24) is 0 Å². The SMILES string of the molecule is COC(OC)C(N)(C(=O)O)C(=O)c1ccccc1. The Morgan fingerprint density at radius 3 is 2.11 bits per heavy atom. The number of ketones is 1. The highest BCUT2D eigenvalue weighted by Gasteiger charge is 2.50. The third-order valence-corrected chi connectivity index (χ3v) is 2.57. The highest BCUT2D eigenvalue weighted by molar-refractivity contribution is 6.16. The second kappa shape index (κ2) is 5.72. The van der Waals surface area contributed by atoms with Crippen molar-refractivity contribution in [1.29, 1.82) is 0 Å². The topological polar surface area (TPSA) is 98.8 Å². The van der Waals surface area contributed by atoms with Crippen LogP contribution in [0.15, 0.2) is 30.3 Å². The number of aliphatic carboxylic acids is 1. The van der Waals surface area contributed by atoms with Gasteiger partial charge in [0.05, 0.1) is 0 Å². The summed E-state index contributed by atoms with van der Waals surface area (Å²) in [6, 6.07) is 7.90. The van der Waals surface area contributed by atoms with Crippen LogP contribution in [0.3, 0.4) is 0 Å². The molecule has 0 spiro atoms. The smallest absolute Gasteiger partial charge is 0.337 e. The van der Waals surface area contributed by atoms with Gasteiger partial charge in [-0.05, 0) is 0 Å². The third-order valence-electron chi connectivity index (χ3n) is 2.57. The summed E-state index contributed by atoms with van der Waals surface area (Å²) < 4.78 is 9.64. The van der Waals surface area contributed by atoms with Crippen LogP contribution in [-0.4, -0.2) is 42.9 Å². The summed E-state index contributed by atoms with van der Waals surface area (Å²) in [5.74, 6) is -2.28. The Labute approximate surface area is 104 Å². The fraction of sp³-hybridized carbons (Fsp3) is 0.333. The molecule has 0 heterocycles. The number of carboxylic acid groups (broad SMARTS) is 1. The van der Waals surface area contributed by atoms with Crippen molar-refractivity contribution in [3.05, 3.63) is 35.9 Å². The molecule has 1 aromatic carbocycles. The number of carboxylic acids is 1. The minimum atomic E-state index is -2.29.